The lowest BCUT2D eigenvalue weighted by molar-refractivity contribution is -0.0512. The minimum atomic E-state index is -2.94. The molecule has 0 spiro atoms. The predicted octanol–water partition coefficient (Wildman–Crippen LogP) is 3.85. The molecule has 0 aromatic heterocycles. The number of ether oxygens (including phenoxy) is 2. The topological polar surface area (TPSA) is 54.0 Å². The third kappa shape index (κ3) is 5.64. The van der Waals surface area contributed by atoms with Gasteiger partial charge in [0.05, 0.1) is 13.2 Å². The molecular formula is C23H29F2N3O3. The smallest absolute Gasteiger partial charge is 0.387 e. The quantitative estimate of drug-likeness (QED) is 0.719. The van der Waals surface area contributed by atoms with E-state index < -0.39 is 6.61 Å². The van der Waals surface area contributed by atoms with Gasteiger partial charge < -0.3 is 24.6 Å². The summed E-state index contributed by atoms with van der Waals surface area (Å²) in [6.45, 7) is 4.62. The highest BCUT2D eigenvalue weighted by molar-refractivity contribution is 5.96. The number of hydrogen-bond acceptors (Lipinski definition) is 5. The molecule has 0 aliphatic carbocycles. The van der Waals surface area contributed by atoms with E-state index in [1.165, 1.54) is 13.2 Å². The number of methoxy groups -OCH3 is 1. The van der Waals surface area contributed by atoms with Crippen molar-refractivity contribution >= 4 is 11.6 Å². The largest absolute Gasteiger partial charge is 0.493 e. The van der Waals surface area contributed by atoms with Crippen molar-refractivity contribution in [1.29, 1.82) is 0 Å². The Kier molecular flexibility index (Phi) is 7.33. The van der Waals surface area contributed by atoms with Crippen LogP contribution in [0.4, 0.5) is 14.5 Å². The van der Waals surface area contributed by atoms with E-state index in [1.54, 1.807) is 12.1 Å². The van der Waals surface area contributed by atoms with E-state index in [4.69, 9.17) is 4.74 Å². The number of aryl methyl sites for hydroxylation is 1. The van der Waals surface area contributed by atoms with Crippen LogP contribution in [-0.4, -0.2) is 57.8 Å². The molecule has 1 atom stereocenters. The maximum absolute atomic E-state index is 13.0. The van der Waals surface area contributed by atoms with Crippen LogP contribution in [0.1, 0.15) is 34.5 Å². The summed E-state index contributed by atoms with van der Waals surface area (Å²) in [5.74, 6) is -0.0458. The van der Waals surface area contributed by atoms with Crippen LogP contribution in [0.25, 0.3) is 0 Å². The zero-order valence-corrected chi connectivity index (χ0v) is 18.3. The number of anilines is 1. The molecule has 1 aliphatic rings. The lowest BCUT2D eigenvalue weighted by Crippen LogP contribution is -2.44. The molecule has 31 heavy (non-hydrogen) atoms. The molecule has 0 bridgehead atoms. The van der Waals surface area contributed by atoms with Gasteiger partial charge in [-0.15, -0.1) is 0 Å². The second-order valence-corrected chi connectivity index (χ2v) is 7.77. The van der Waals surface area contributed by atoms with E-state index in [1.807, 2.05) is 32.0 Å². The van der Waals surface area contributed by atoms with Gasteiger partial charge in [-0.05, 0) is 56.3 Å². The Morgan fingerprint density at radius 2 is 1.77 bits per heavy atom. The molecule has 1 N–H and O–H groups in total. The van der Waals surface area contributed by atoms with E-state index >= 15 is 0 Å². The predicted molar refractivity (Wildman–Crippen MR) is 116 cm³/mol. The average molecular weight is 433 g/mol. The van der Waals surface area contributed by atoms with Crippen molar-refractivity contribution in [3.8, 4) is 11.5 Å². The van der Waals surface area contributed by atoms with Crippen molar-refractivity contribution in [1.82, 2.24) is 10.2 Å². The first-order valence-corrected chi connectivity index (χ1v) is 10.3. The van der Waals surface area contributed by atoms with Crippen molar-refractivity contribution in [3.63, 3.8) is 0 Å². The molecule has 1 aliphatic heterocycles. The number of hydrogen-bond donors (Lipinski definition) is 1. The van der Waals surface area contributed by atoms with Gasteiger partial charge in [0.1, 0.15) is 0 Å². The Balaban J connectivity index is 1.74. The van der Waals surface area contributed by atoms with Crippen LogP contribution < -0.4 is 19.7 Å². The van der Waals surface area contributed by atoms with Gasteiger partial charge in [-0.25, -0.2) is 0 Å². The Hall–Kier alpha value is -2.87. The van der Waals surface area contributed by atoms with Crippen LogP contribution in [0.2, 0.25) is 0 Å². The number of amides is 1. The average Bonchev–Trinajstić information content (AvgIpc) is 2.74. The van der Waals surface area contributed by atoms with Crippen LogP contribution in [0.3, 0.4) is 0 Å². The van der Waals surface area contributed by atoms with E-state index in [0.29, 0.717) is 5.56 Å². The van der Waals surface area contributed by atoms with E-state index in [2.05, 4.69) is 26.9 Å². The Morgan fingerprint density at radius 3 is 2.42 bits per heavy atom. The number of carbonyl (C=O) groups excluding carboxylic acids is 1. The first-order chi connectivity index (χ1) is 14.8. The summed E-state index contributed by atoms with van der Waals surface area (Å²) in [4.78, 5) is 17.6. The summed E-state index contributed by atoms with van der Waals surface area (Å²) in [6, 6.07) is 10.2. The number of rotatable bonds is 7. The van der Waals surface area contributed by atoms with Crippen LogP contribution in [0, 0.1) is 6.92 Å². The molecule has 1 saturated heterocycles. The SMILES string of the molecule is COc1cc([C@@H](C)NC(=O)c2cc(N3CCN(C)CC3)ccc2C)ccc1OC(F)F. The number of piperazine rings is 1. The first-order valence-electron chi connectivity index (χ1n) is 10.3. The standard InChI is InChI=1S/C23H29F2N3O3/c1-15-5-7-18(28-11-9-27(3)10-12-28)14-19(15)22(29)26-16(2)17-6-8-20(31-23(24)25)21(13-17)30-4/h5-8,13-14,16,23H,9-12H2,1-4H3,(H,26,29)/t16-/m1/s1. The number of alkyl halides is 2. The lowest BCUT2D eigenvalue weighted by atomic mass is 10.0. The zero-order chi connectivity index (χ0) is 22.5. The molecule has 0 radical (unpaired) electrons. The molecule has 168 valence electrons. The highest BCUT2D eigenvalue weighted by Crippen LogP contribution is 2.31. The minimum Gasteiger partial charge on any atom is -0.493 e. The summed E-state index contributed by atoms with van der Waals surface area (Å²) in [5, 5.41) is 2.99. The molecule has 1 amide bonds. The highest BCUT2D eigenvalue weighted by Gasteiger charge is 2.19. The summed E-state index contributed by atoms with van der Waals surface area (Å²) in [6.07, 6.45) is 0. The van der Waals surface area contributed by atoms with Gasteiger partial charge in [-0.1, -0.05) is 12.1 Å². The monoisotopic (exact) mass is 433 g/mol. The Labute approximate surface area is 181 Å². The van der Waals surface area contributed by atoms with E-state index in [0.717, 1.165) is 43.0 Å². The van der Waals surface area contributed by atoms with Gasteiger partial charge in [0.15, 0.2) is 11.5 Å². The summed E-state index contributed by atoms with van der Waals surface area (Å²) >= 11 is 0. The fraction of sp³-hybridized carbons (Fsp3) is 0.435. The van der Waals surface area contributed by atoms with Crippen molar-refractivity contribution in [2.75, 3.05) is 45.2 Å². The summed E-state index contributed by atoms with van der Waals surface area (Å²) in [7, 11) is 3.49. The fourth-order valence-corrected chi connectivity index (χ4v) is 3.62. The number of nitrogens with one attached hydrogen (secondary N) is 1. The number of carbonyl (C=O) groups is 1. The van der Waals surface area contributed by atoms with Crippen LogP contribution in [0.5, 0.6) is 11.5 Å². The molecule has 2 aromatic carbocycles. The molecular weight excluding hydrogens is 404 g/mol. The van der Waals surface area contributed by atoms with Gasteiger partial charge in [0.2, 0.25) is 0 Å². The molecule has 6 nitrogen and oxygen atoms in total. The maximum atomic E-state index is 13.0. The van der Waals surface area contributed by atoms with Crippen LogP contribution in [0.15, 0.2) is 36.4 Å². The van der Waals surface area contributed by atoms with Gasteiger partial charge in [0.25, 0.3) is 5.91 Å². The normalized spacial score (nSPS) is 15.6. The molecule has 1 fully saturated rings. The van der Waals surface area contributed by atoms with Crippen LogP contribution in [-0.2, 0) is 0 Å². The van der Waals surface area contributed by atoms with Gasteiger partial charge >= 0.3 is 6.61 Å². The van der Waals surface area contributed by atoms with Gasteiger partial charge in [0, 0.05) is 37.4 Å². The number of halogens is 2. The van der Waals surface area contributed by atoms with E-state index in [9.17, 15) is 13.6 Å². The van der Waals surface area contributed by atoms with E-state index in [-0.39, 0.29) is 23.4 Å². The van der Waals surface area contributed by atoms with Crippen molar-refractivity contribution < 1.29 is 23.0 Å². The van der Waals surface area contributed by atoms with Crippen molar-refractivity contribution in [3.05, 3.63) is 53.1 Å². The lowest BCUT2D eigenvalue weighted by Gasteiger charge is -2.34. The highest BCUT2D eigenvalue weighted by atomic mass is 19.3. The van der Waals surface area contributed by atoms with Crippen molar-refractivity contribution in [2.45, 2.75) is 26.5 Å². The summed E-state index contributed by atoms with van der Waals surface area (Å²) < 4.78 is 34.7. The first kappa shape index (κ1) is 22.8. The third-order valence-electron chi connectivity index (χ3n) is 5.59. The molecule has 8 heteroatoms. The second kappa shape index (κ2) is 9.96. The molecule has 2 aromatic rings. The second-order valence-electron chi connectivity index (χ2n) is 7.77. The van der Waals surface area contributed by atoms with Gasteiger partial charge in [-0.2, -0.15) is 8.78 Å². The maximum Gasteiger partial charge on any atom is 0.387 e. The zero-order valence-electron chi connectivity index (χ0n) is 18.3. The Morgan fingerprint density at radius 1 is 1.06 bits per heavy atom. The third-order valence-corrected chi connectivity index (χ3v) is 5.59. The number of nitrogens with zero attached hydrogens (tertiary/aromatic N) is 2. The molecule has 0 unspecified atom stereocenters. The molecule has 3 rings (SSSR count). The molecule has 0 saturated carbocycles. The molecule has 1 heterocycles. The number of benzene rings is 2. The van der Waals surface area contributed by atoms with Gasteiger partial charge in [-0.3, -0.25) is 4.79 Å². The van der Waals surface area contributed by atoms with Crippen molar-refractivity contribution in [2.24, 2.45) is 0 Å². The fourth-order valence-electron chi connectivity index (χ4n) is 3.62. The van der Waals surface area contributed by atoms with Crippen LogP contribution >= 0.6 is 0 Å². The minimum absolute atomic E-state index is 0.0458. The summed E-state index contributed by atoms with van der Waals surface area (Å²) in [5.41, 5.74) is 3.26. The Bertz CT molecular complexity index is 915. The number of likely N-dealkylation sites (N-methyl/N-ethyl adjacent to an activating group) is 1.